The van der Waals surface area contributed by atoms with Crippen molar-refractivity contribution in [1.29, 1.82) is 0 Å². The number of pyridine rings is 1. The Kier molecular flexibility index (Phi) is 4.61. The quantitative estimate of drug-likeness (QED) is 0.874. The van der Waals surface area contributed by atoms with E-state index in [1.54, 1.807) is 28.8 Å². The highest BCUT2D eigenvalue weighted by Crippen LogP contribution is 2.23. The molecule has 2 heterocycles. The number of methoxy groups -OCH3 is 1. The molecule has 126 valence electrons. The van der Waals surface area contributed by atoms with Gasteiger partial charge >= 0.3 is 0 Å². The lowest BCUT2D eigenvalue weighted by Gasteiger charge is -2.20. The van der Waals surface area contributed by atoms with Crippen LogP contribution >= 0.6 is 0 Å². The zero-order valence-corrected chi connectivity index (χ0v) is 13.9. The molecule has 0 saturated heterocycles. The first kappa shape index (κ1) is 16.2. The molecule has 2 aromatic heterocycles. The fourth-order valence-electron chi connectivity index (χ4n) is 2.66. The minimum absolute atomic E-state index is 0.0954. The van der Waals surface area contributed by atoms with Gasteiger partial charge in [-0.15, -0.1) is 5.10 Å². The van der Waals surface area contributed by atoms with Gasteiger partial charge < -0.3 is 15.4 Å². The van der Waals surface area contributed by atoms with E-state index in [1.807, 2.05) is 25.2 Å². The van der Waals surface area contributed by atoms with Gasteiger partial charge in [-0.25, -0.2) is 9.50 Å². The van der Waals surface area contributed by atoms with Crippen molar-refractivity contribution in [3.63, 3.8) is 0 Å². The Hall–Kier alpha value is -2.67. The summed E-state index contributed by atoms with van der Waals surface area (Å²) >= 11 is 0. The van der Waals surface area contributed by atoms with Gasteiger partial charge in [-0.3, -0.25) is 4.79 Å². The molecule has 7 nitrogen and oxygen atoms in total. The standard InChI is InChI=1S/C17H21N5O2/c1-3-21(8-9-24-2)17(23)13-10-14(18)16-19-15(20-22(16)11-13)12-6-4-5-7-12/h4-6,10-11H,3,7-9,18H2,1-2H3. The predicted molar refractivity (Wildman–Crippen MR) is 92.6 cm³/mol. The topological polar surface area (TPSA) is 85.8 Å². The number of carbonyl (C=O) groups excluding carboxylic acids is 1. The fraction of sp³-hybridized carbons (Fsp3) is 0.353. The summed E-state index contributed by atoms with van der Waals surface area (Å²) in [5, 5.41) is 4.47. The van der Waals surface area contributed by atoms with Crippen molar-refractivity contribution < 1.29 is 9.53 Å². The maximum Gasteiger partial charge on any atom is 0.255 e. The van der Waals surface area contributed by atoms with Crippen molar-refractivity contribution in [3.8, 4) is 0 Å². The van der Waals surface area contributed by atoms with Crippen LogP contribution in [-0.4, -0.2) is 52.2 Å². The SMILES string of the molecule is CCN(CCOC)C(=O)c1cc(N)c2nc(C3=CC=CC3)nn2c1. The molecule has 1 aliphatic carbocycles. The van der Waals surface area contributed by atoms with Crippen molar-refractivity contribution in [1.82, 2.24) is 19.5 Å². The summed E-state index contributed by atoms with van der Waals surface area (Å²) in [6.45, 7) is 3.56. The van der Waals surface area contributed by atoms with E-state index in [-0.39, 0.29) is 5.91 Å². The van der Waals surface area contributed by atoms with Crippen molar-refractivity contribution in [2.75, 3.05) is 32.5 Å². The van der Waals surface area contributed by atoms with E-state index in [0.29, 0.717) is 42.4 Å². The zero-order chi connectivity index (χ0) is 17.1. The maximum absolute atomic E-state index is 12.7. The Morgan fingerprint density at radius 1 is 1.50 bits per heavy atom. The van der Waals surface area contributed by atoms with Crippen LogP contribution in [0.1, 0.15) is 29.5 Å². The van der Waals surface area contributed by atoms with Crippen LogP contribution in [0.25, 0.3) is 11.2 Å². The van der Waals surface area contributed by atoms with Crippen LogP contribution in [-0.2, 0) is 4.74 Å². The lowest BCUT2D eigenvalue weighted by molar-refractivity contribution is 0.0706. The van der Waals surface area contributed by atoms with Gasteiger partial charge in [-0.1, -0.05) is 18.2 Å². The van der Waals surface area contributed by atoms with Gasteiger partial charge in [-0.05, 0) is 19.4 Å². The third-order valence-corrected chi connectivity index (χ3v) is 4.00. The number of nitrogens with zero attached hydrogens (tertiary/aromatic N) is 4. The number of rotatable bonds is 6. The zero-order valence-electron chi connectivity index (χ0n) is 13.9. The van der Waals surface area contributed by atoms with E-state index in [2.05, 4.69) is 10.1 Å². The summed E-state index contributed by atoms with van der Waals surface area (Å²) in [7, 11) is 1.62. The fourth-order valence-corrected chi connectivity index (χ4v) is 2.66. The van der Waals surface area contributed by atoms with Crippen LogP contribution in [0.2, 0.25) is 0 Å². The molecule has 0 fully saturated rings. The number of nitrogens with two attached hydrogens (primary N) is 1. The lowest BCUT2D eigenvalue weighted by atomic mass is 10.2. The van der Waals surface area contributed by atoms with Gasteiger partial charge in [-0.2, -0.15) is 0 Å². The van der Waals surface area contributed by atoms with E-state index < -0.39 is 0 Å². The van der Waals surface area contributed by atoms with Crippen molar-refractivity contribution >= 4 is 22.8 Å². The molecule has 0 spiro atoms. The van der Waals surface area contributed by atoms with Crippen molar-refractivity contribution in [2.45, 2.75) is 13.3 Å². The number of allylic oxidation sites excluding steroid dienone is 4. The number of hydrogen-bond donors (Lipinski definition) is 1. The monoisotopic (exact) mass is 327 g/mol. The predicted octanol–water partition coefficient (Wildman–Crippen LogP) is 1.76. The molecule has 0 saturated carbocycles. The van der Waals surface area contributed by atoms with Crippen LogP contribution in [0, 0.1) is 0 Å². The van der Waals surface area contributed by atoms with Gasteiger partial charge in [0, 0.05) is 32.0 Å². The third-order valence-electron chi connectivity index (χ3n) is 4.00. The Labute approximate surface area is 140 Å². The van der Waals surface area contributed by atoms with Crippen LogP contribution < -0.4 is 5.73 Å². The molecule has 0 unspecified atom stereocenters. The second-order valence-corrected chi connectivity index (χ2v) is 5.59. The van der Waals surface area contributed by atoms with Crippen molar-refractivity contribution in [2.24, 2.45) is 0 Å². The number of ether oxygens (including phenoxy) is 1. The summed E-state index contributed by atoms with van der Waals surface area (Å²) in [5.74, 6) is 0.546. The van der Waals surface area contributed by atoms with Gasteiger partial charge in [0.1, 0.15) is 0 Å². The molecule has 0 aliphatic heterocycles. The molecule has 0 radical (unpaired) electrons. The number of likely N-dealkylation sites (N-methyl/N-ethyl adjacent to an activating group) is 1. The van der Waals surface area contributed by atoms with Crippen LogP contribution in [0.4, 0.5) is 5.69 Å². The highest BCUT2D eigenvalue weighted by Gasteiger charge is 2.18. The van der Waals surface area contributed by atoms with E-state index in [4.69, 9.17) is 10.5 Å². The van der Waals surface area contributed by atoms with Crippen molar-refractivity contribution in [3.05, 3.63) is 41.9 Å². The van der Waals surface area contributed by atoms with E-state index in [1.165, 1.54) is 0 Å². The molecule has 2 aromatic rings. The summed E-state index contributed by atoms with van der Waals surface area (Å²) in [4.78, 5) is 18.9. The highest BCUT2D eigenvalue weighted by molar-refractivity contribution is 5.95. The molecule has 0 aromatic carbocycles. The third kappa shape index (κ3) is 3.03. The molecule has 3 rings (SSSR count). The number of nitrogen functional groups attached to an aromatic ring is 1. The number of anilines is 1. The van der Waals surface area contributed by atoms with Gasteiger partial charge in [0.2, 0.25) is 0 Å². The largest absolute Gasteiger partial charge is 0.396 e. The van der Waals surface area contributed by atoms with Crippen LogP contribution in [0.15, 0.2) is 30.5 Å². The number of carbonyl (C=O) groups is 1. The van der Waals surface area contributed by atoms with Gasteiger partial charge in [0.25, 0.3) is 5.91 Å². The summed E-state index contributed by atoms with van der Waals surface area (Å²) < 4.78 is 6.64. The first-order valence-electron chi connectivity index (χ1n) is 7.94. The minimum Gasteiger partial charge on any atom is -0.396 e. The molecule has 24 heavy (non-hydrogen) atoms. The molecule has 1 amide bonds. The Morgan fingerprint density at radius 2 is 2.33 bits per heavy atom. The van der Waals surface area contributed by atoms with Crippen LogP contribution in [0.5, 0.6) is 0 Å². The lowest BCUT2D eigenvalue weighted by Crippen LogP contribution is -2.33. The summed E-state index contributed by atoms with van der Waals surface area (Å²) in [6.07, 6.45) is 8.51. The normalized spacial score (nSPS) is 13.5. The summed E-state index contributed by atoms with van der Waals surface area (Å²) in [5.41, 5.74) is 8.63. The minimum atomic E-state index is -0.0954. The smallest absolute Gasteiger partial charge is 0.255 e. The van der Waals surface area contributed by atoms with E-state index >= 15 is 0 Å². The Balaban J connectivity index is 1.93. The average molecular weight is 327 g/mol. The number of fused-ring (bicyclic) bond motifs is 1. The molecule has 2 N–H and O–H groups in total. The van der Waals surface area contributed by atoms with E-state index in [9.17, 15) is 4.79 Å². The first-order valence-corrected chi connectivity index (χ1v) is 7.94. The molecular weight excluding hydrogens is 306 g/mol. The molecule has 1 aliphatic rings. The van der Waals surface area contributed by atoms with E-state index in [0.717, 1.165) is 12.0 Å². The second kappa shape index (κ2) is 6.84. The second-order valence-electron chi connectivity index (χ2n) is 5.59. The summed E-state index contributed by atoms with van der Waals surface area (Å²) in [6, 6.07) is 1.66. The Morgan fingerprint density at radius 3 is 3.00 bits per heavy atom. The maximum atomic E-state index is 12.7. The highest BCUT2D eigenvalue weighted by atomic mass is 16.5. The number of hydrogen-bond acceptors (Lipinski definition) is 5. The Bertz CT molecular complexity index is 822. The van der Waals surface area contributed by atoms with Gasteiger partial charge in [0.15, 0.2) is 11.5 Å². The number of amides is 1. The molecular formula is C17H21N5O2. The van der Waals surface area contributed by atoms with Crippen LogP contribution in [0.3, 0.4) is 0 Å². The molecule has 0 bridgehead atoms. The molecule has 0 atom stereocenters. The first-order chi connectivity index (χ1) is 11.6. The number of aromatic nitrogens is 3. The molecule has 7 heteroatoms. The average Bonchev–Trinajstić information content (AvgIpc) is 3.24. The van der Waals surface area contributed by atoms with Gasteiger partial charge in [0.05, 0.1) is 17.9 Å².